The van der Waals surface area contributed by atoms with Crippen molar-refractivity contribution >= 4 is 35.1 Å². The molecule has 4 aromatic heterocycles. The van der Waals surface area contributed by atoms with Crippen molar-refractivity contribution in [1.82, 2.24) is 29.7 Å². The number of nitrogens with one attached hydrogen (secondary N) is 1. The largest absolute Gasteiger partial charge is 0.357 e. The third kappa shape index (κ3) is 5.29. The number of aromatic nitrogens is 5. The van der Waals surface area contributed by atoms with E-state index in [1.54, 1.807) is 15.4 Å². The van der Waals surface area contributed by atoms with Crippen molar-refractivity contribution < 1.29 is 3.84 Å². The number of halogens is 2. The Bertz CT molecular complexity index is 1390. The van der Waals surface area contributed by atoms with Crippen LogP contribution in [-0.2, 0) is 10.9 Å². The number of nitriles is 1. The summed E-state index contributed by atoms with van der Waals surface area (Å²) < 4.78 is 6.76. The van der Waals surface area contributed by atoms with E-state index in [0.29, 0.717) is 11.0 Å². The molecule has 2 aliphatic heterocycles. The van der Waals surface area contributed by atoms with Gasteiger partial charge in [0.25, 0.3) is 0 Å². The lowest BCUT2D eigenvalue weighted by Crippen LogP contribution is -2.48. The fourth-order valence-electron chi connectivity index (χ4n) is 5.55. The molecule has 0 aliphatic carbocycles. The van der Waals surface area contributed by atoms with Crippen LogP contribution in [0.5, 0.6) is 0 Å². The van der Waals surface area contributed by atoms with Crippen LogP contribution in [0.2, 0.25) is 0 Å². The van der Waals surface area contributed by atoms with Gasteiger partial charge in [0.15, 0.2) is 0 Å². The maximum Gasteiger partial charge on any atom is 0.128 e. The van der Waals surface area contributed by atoms with E-state index in [9.17, 15) is 5.26 Å². The van der Waals surface area contributed by atoms with E-state index >= 15 is 0 Å². The Labute approximate surface area is 225 Å². The van der Waals surface area contributed by atoms with E-state index in [4.69, 9.17) is 4.98 Å². The van der Waals surface area contributed by atoms with Gasteiger partial charge in [-0.25, -0.2) is 9.50 Å². The lowest BCUT2D eigenvalue weighted by atomic mass is 9.73. The first-order valence-corrected chi connectivity index (χ1v) is 12.9. The predicted molar refractivity (Wildman–Crippen MR) is 144 cm³/mol. The minimum atomic E-state index is 0.475. The number of aryl methyl sites for hydroxylation is 1. The molecule has 2 fully saturated rings. The van der Waals surface area contributed by atoms with E-state index in [2.05, 4.69) is 72.3 Å². The summed E-state index contributed by atoms with van der Waals surface area (Å²) in [7, 11) is 1.90. The third-order valence-electron chi connectivity index (χ3n) is 7.54. The number of piperidine rings is 2. The zero-order valence-electron chi connectivity index (χ0n) is 20.6. The molecule has 0 atom stereocenters. The number of pyridine rings is 2. The molecule has 0 saturated carbocycles. The molecule has 4 aromatic rings. The van der Waals surface area contributed by atoms with Crippen LogP contribution < -0.4 is 10.2 Å². The van der Waals surface area contributed by atoms with Gasteiger partial charge in [-0.1, -0.05) is 0 Å². The second-order valence-corrected chi connectivity index (χ2v) is 10.2. The molecule has 2 saturated heterocycles. The Hall–Kier alpha value is -3.16. The van der Waals surface area contributed by atoms with Gasteiger partial charge in [-0.05, 0) is 55.8 Å². The number of fused-ring (bicyclic) bond motifs is 1. The highest BCUT2D eigenvalue weighted by Crippen LogP contribution is 2.38. The minimum absolute atomic E-state index is 0.475. The van der Waals surface area contributed by atoms with Crippen LogP contribution in [0.25, 0.3) is 27.8 Å². The first kappa shape index (κ1) is 25.5. The van der Waals surface area contributed by atoms with Crippen LogP contribution in [-0.4, -0.2) is 50.6 Å². The highest BCUT2D eigenvalue weighted by atomic mass is 35.6. The van der Waals surface area contributed by atoms with Crippen molar-refractivity contribution in [1.29, 1.82) is 5.26 Å². The van der Waals surface area contributed by atoms with Gasteiger partial charge in [0.05, 0.1) is 47.2 Å². The SMILES string of the molecule is ClOCl.Cn1cc(-c2cc(-c3ccc(N4CCC5(CCCNC5)CC4)nc3)c3c(C#N)cnn3c2)cn1. The fourth-order valence-corrected chi connectivity index (χ4v) is 5.55. The second-order valence-electron chi connectivity index (χ2n) is 9.74. The summed E-state index contributed by atoms with van der Waals surface area (Å²) in [6.45, 7) is 4.42. The van der Waals surface area contributed by atoms with E-state index < -0.39 is 0 Å². The summed E-state index contributed by atoms with van der Waals surface area (Å²) in [6.07, 6.45) is 14.4. The first-order chi connectivity index (χ1) is 18.1. The van der Waals surface area contributed by atoms with Crippen LogP contribution in [0.3, 0.4) is 0 Å². The molecule has 0 radical (unpaired) electrons. The molecule has 1 N–H and O–H groups in total. The maximum atomic E-state index is 9.66. The molecule has 37 heavy (non-hydrogen) atoms. The molecule has 9 nitrogen and oxygen atoms in total. The predicted octanol–water partition coefficient (Wildman–Crippen LogP) is 4.95. The summed E-state index contributed by atoms with van der Waals surface area (Å²) in [6, 6.07) is 8.61. The lowest BCUT2D eigenvalue weighted by Gasteiger charge is -2.44. The molecule has 11 heteroatoms. The van der Waals surface area contributed by atoms with Crippen molar-refractivity contribution in [3.8, 4) is 28.3 Å². The topological polar surface area (TPSA) is 96.3 Å². The molecule has 0 amide bonds. The van der Waals surface area contributed by atoms with Crippen molar-refractivity contribution in [2.45, 2.75) is 25.7 Å². The molecular weight excluding hydrogens is 511 g/mol. The van der Waals surface area contributed by atoms with E-state index in [1.807, 2.05) is 31.8 Å². The van der Waals surface area contributed by atoms with Gasteiger partial charge in [0.2, 0.25) is 0 Å². The van der Waals surface area contributed by atoms with Crippen molar-refractivity contribution in [3.63, 3.8) is 0 Å². The Morgan fingerprint density at radius 3 is 2.46 bits per heavy atom. The van der Waals surface area contributed by atoms with Crippen molar-refractivity contribution in [2.75, 3.05) is 31.1 Å². The van der Waals surface area contributed by atoms with Crippen LogP contribution in [0, 0.1) is 16.7 Å². The Morgan fingerprint density at radius 1 is 1.03 bits per heavy atom. The van der Waals surface area contributed by atoms with Gasteiger partial charge in [-0.2, -0.15) is 19.3 Å². The van der Waals surface area contributed by atoms with Gasteiger partial charge >= 0.3 is 0 Å². The third-order valence-corrected chi connectivity index (χ3v) is 7.54. The molecule has 1 spiro atoms. The van der Waals surface area contributed by atoms with Gasteiger partial charge < -0.3 is 10.2 Å². The standard InChI is InChI=1S/C26H28N8.Cl2O/c1-32-16-22(15-30-32)20-11-23(25-21(12-27)14-31-34(25)17-20)19-3-4-24(29-13-19)33-9-6-26(7-10-33)5-2-8-28-18-26;1-3-2/h3-4,11,13-17,28H,2,5-10,18H2,1H3;. The van der Waals surface area contributed by atoms with Crippen molar-refractivity contribution in [2.24, 2.45) is 12.5 Å². The molecule has 6 rings (SSSR count). The summed E-state index contributed by atoms with van der Waals surface area (Å²) in [5.74, 6) is 1.02. The van der Waals surface area contributed by atoms with Gasteiger partial charge in [-0.3, -0.25) is 4.68 Å². The normalized spacial score (nSPS) is 16.9. The summed E-state index contributed by atoms with van der Waals surface area (Å²) in [5, 5.41) is 22.0. The molecule has 0 bridgehead atoms. The first-order valence-electron chi connectivity index (χ1n) is 12.3. The lowest BCUT2D eigenvalue weighted by molar-refractivity contribution is 0.161. The van der Waals surface area contributed by atoms with Crippen molar-refractivity contribution in [3.05, 3.63) is 54.7 Å². The Balaban J connectivity index is 0.000000892. The summed E-state index contributed by atoms with van der Waals surface area (Å²) in [4.78, 5) is 7.25. The Kier molecular flexibility index (Phi) is 7.63. The van der Waals surface area contributed by atoms with Gasteiger partial charge in [-0.15, -0.1) is 0 Å². The molecule has 6 heterocycles. The van der Waals surface area contributed by atoms with Crippen LogP contribution in [0.15, 0.2) is 49.2 Å². The second kappa shape index (κ2) is 11.1. The minimum Gasteiger partial charge on any atom is -0.357 e. The number of nitrogens with zero attached hydrogens (tertiary/aromatic N) is 7. The van der Waals surface area contributed by atoms with Crippen LogP contribution >= 0.6 is 23.7 Å². The molecular formula is C26H28Cl2N8O. The molecule has 0 unspecified atom stereocenters. The van der Waals surface area contributed by atoms with E-state index in [0.717, 1.165) is 59.8 Å². The number of anilines is 1. The number of rotatable bonds is 3. The van der Waals surface area contributed by atoms with Gasteiger partial charge in [0.1, 0.15) is 11.9 Å². The zero-order chi connectivity index (χ0) is 25.8. The maximum absolute atomic E-state index is 9.66. The molecule has 192 valence electrons. The van der Waals surface area contributed by atoms with E-state index in [-0.39, 0.29) is 0 Å². The summed E-state index contributed by atoms with van der Waals surface area (Å²) >= 11 is 8.53. The molecule has 0 aromatic carbocycles. The zero-order valence-corrected chi connectivity index (χ0v) is 22.1. The number of hydrogen-bond donors (Lipinski definition) is 1. The quantitative estimate of drug-likeness (QED) is 0.394. The van der Waals surface area contributed by atoms with Crippen LogP contribution in [0.4, 0.5) is 5.82 Å². The monoisotopic (exact) mass is 538 g/mol. The average Bonchev–Trinajstić information content (AvgIpc) is 3.56. The fraction of sp³-hybridized carbons (Fsp3) is 0.385. The van der Waals surface area contributed by atoms with Gasteiger partial charge in [0, 0.05) is 67.5 Å². The number of hydrogen-bond acceptors (Lipinski definition) is 7. The highest BCUT2D eigenvalue weighted by Gasteiger charge is 2.35. The summed E-state index contributed by atoms with van der Waals surface area (Å²) in [5.41, 5.74) is 5.75. The van der Waals surface area contributed by atoms with Crippen LogP contribution in [0.1, 0.15) is 31.2 Å². The molecule has 2 aliphatic rings. The Morgan fingerprint density at radius 2 is 1.84 bits per heavy atom. The smallest absolute Gasteiger partial charge is 0.128 e. The van der Waals surface area contributed by atoms with E-state index in [1.165, 1.54) is 25.7 Å². The highest BCUT2D eigenvalue weighted by molar-refractivity contribution is 6.24. The average molecular weight is 539 g/mol.